The predicted octanol–water partition coefficient (Wildman–Crippen LogP) is 6.13. The molecule has 5 nitrogen and oxygen atoms in total. The molecule has 0 aliphatic heterocycles. The van der Waals surface area contributed by atoms with Crippen molar-refractivity contribution < 1.29 is 18.7 Å². The predicted molar refractivity (Wildman–Crippen MR) is 115 cm³/mol. The maximum atomic E-state index is 11.2. The van der Waals surface area contributed by atoms with E-state index in [1.165, 1.54) is 12.5 Å². The zero-order valence-electron chi connectivity index (χ0n) is 16.7. The molecule has 0 radical (unpaired) electrons. The number of carbonyl (C=O) groups is 1. The van der Waals surface area contributed by atoms with Gasteiger partial charge in [0.15, 0.2) is 0 Å². The number of ether oxygens (including phenoxy) is 2. The van der Waals surface area contributed by atoms with E-state index in [0.29, 0.717) is 29.0 Å². The molecule has 1 heterocycles. The molecule has 30 heavy (non-hydrogen) atoms. The molecule has 3 aromatic rings. The third-order valence-corrected chi connectivity index (χ3v) is 5.85. The molecule has 2 aromatic carbocycles. The van der Waals surface area contributed by atoms with Crippen LogP contribution in [0.15, 0.2) is 40.8 Å². The van der Waals surface area contributed by atoms with Gasteiger partial charge in [0.1, 0.15) is 17.6 Å². The van der Waals surface area contributed by atoms with Crippen molar-refractivity contribution in [3.8, 4) is 17.2 Å². The SMILES string of the molecule is CC(=O)OC1CCc2cc(OCCc3nc(-c4ccc(Cl)c(Cl)c4)oc3C)ccc21. The first-order valence-corrected chi connectivity index (χ1v) is 10.5. The molecule has 1 unspecified atom stereocenters. The number of halogens is 2. The van der Waals surface area contributed by atoms with Crippen LogP contribution >= 0.6 is 23.2 Å². The Balaban J connectivity index is 1.39. The summed E-state index contributed by atoms with van der Waals surface area (Å²) in [6.07, 6.45) is 2.15. The highest BCUT2D eigenvalue weighted by atomic mass is 35.5. The summed E-state index contributed by atoms with van der Waals surface area (Å²) in [5, 5.41) is 0.952. The quantitative estimate of drug-likeness (QED) is 0.427. The molecule has 156 valence electrons. The number of aromatic nitrogens is 1. The maximum absolute atomic E-state index is 11.2. The van der Waals surface area contributed by atoms with Gasteiger partial charge < -0.3 is 13.9 Å². The first-order valence-electron chi connectivity index (χ1n) is 9.75. The Morgan fingerprint density at radius 1 is 1.20 bits per heavy atom. The largest absolute Gasteiger partial charge is 0.493 e. The Bertz CT molecular complexity index is 1090. The van der Waals surface area contributed by atoms with E-state index in [-0.39, 0.29) is 12.1 Å². The average Bonchev–Trinajstić information content (AvgIpc) is 3.27. The van der Waals surface area contributed by atoms with E-state index in [9.17, 15) is 4.79 Å². The van der Waals surface area contributed by atoms with E-state index in [2.05, 4.69) is 4.98 Å². The number of fused-ring (bicyclic) bond motifs is 1. The van der Waals surface area contributed by atoms with Crippen LogP contribution in [0.4, 0.5) is 0 Å². The topological polar surface area (TPSA) is 61.6 Å². The monoisotopic (exact) mass is 445 g/mol. The van der Waals surface area contributed by atoms with E-state index in [1.807, 2.05) is 31.2 Å². The van der Waals surface area contributed by atoms with Crippen molar-refractivity contribution in [3.05, 3.63) is 69.0 Å². The molecule has 0 saturated carbocycles. The summed E-state index contributed by atoms with van der Waals surface area (Å²) < 4.78 is 17.1. The average molecular weight is 446 g/mol. The van der Waals surface area contributed by atoms with Crippen LogP contribution in [0.2, 0.25) is 10.0 Å². The summed E-state index contributed by atoms with van der Waals surface area (Å²) in [5.41, 5.74) is 3.85. The number of esters is 1. The van der Waals surface area contributed by atoms with Gasteiger partial charge in [0, 0.05) is 18.9 Å². The Morgan fingerprint density at radius 3 is 2.80 bits per heavy atom. The molecule has 1 aliphatic carbocycles. The molecule has 1 atom stereocenters. The number of aryl methyl sites for hydroxylation is 2. The smallest absolute Gasteiger partial charge is 0.303 e. The lowest BCUT2D eigenvalue weighted by atomic mass is 10.1. The summed E-state index contributed by atoms with van der Waals surface area (Å²) in [6, 6.07) is 11.2. The summed E-state index contributed by atoms with van der Waals surface area (Å²) in [4.78, 5) is 15.8. The van der Waals surface area contributed by atoms with Crippen LogP contribution in [0.5, 0.6) is 5.75 Å². The summed E-state index contributed by atoms with van der Waals surface area (Å²) >= 11 is 12.1. The van der Waals surface area contributed by atoms with Crippen molar-refractivity contribution in [1.82, 2.24) is 4.98 Å². The molecule has 0 spiro atoms. The van der Waals surface area contributed by atoms with Gasteiger partial charge in [0.05, 0.1) is 22.3 Å². The molecule has 0 N–H and O–H groups in total. The minimum absolute atomic E-state index is 0.149. The van der Waals surface area contributed by atoms with E-state index in [1.54, 1.807) is 12.1 Å². The third-order valence-electron chi connectivity index (χ3n) is 5.11. The number of nitrogens with zero attached hydrogens (tertiary/aromatic N) is 1. The fraction of sp³-hybridized carbons (Fsp3) is 0.304. The molecule has 0 fully saturated rings. The first kappa shape index (κ1) is 20.8. The first-order chi connectivity index (χ1) is 14.4. The number of hydrogen-bond acceptors (Lipinski definition) is 5. The lowest BCUT2D eigenvalue weighted by molar-refractivity contribution is -0.146. The van der Waals surface area contributed by atoms with Crippen LogP contribution < -0.4 is 4.74 Å². The highest BCUT2D eigenvalue weighted by molar-refractivity contribution is 6.42. The number of benzene rings is 2. The number of carbonyl (C=O) groups excluding carboxylic acids is 1. The van der Waals surface area contributed by atoms with E-state index < -0.39 is 0 Å². The van der Waals surface area contributed by atoms with Gasteiger partial charge in [-0.2, -0.15) is 0 Å². The number of oxazole rings is 1. The minimum atomic E-state index is -0.253. The molecule has 1 aromatic heterocycles. The Morgan fingerprint density at radius 2 is 2.03 bits per heavy atom. The van der Waals surface area contributed by atoms with Crippen molar-refractivity contribution in [1.29, 1.82) is 0 Å². The minimum Gasteiger partial charge on any atom is -0.493 e. The van der Waals surface area contributed by atoms with Crippen molar-refractivity contribution >= 4 is 29.2 Å². The Hall–Kier alpha value is -2.50. The second-order valence-corrected chi connectivity index (χ2v) is 8.06. The molecule has 7 heteroatoms. The molecule has 0 saturated heterocycles. The van der Waals surface area contributed by atoms with Crippen LogP contribution in [0.3, 0.4) is 0 Å². The van der Waals surface area contributed by atoms with Gasteiger partial charge in [-0.3, -0.25) is 4.79 Å². The second-order valence-electron chi connectivity index (χ2n) is 7.25. The van der Waals surface area contributed by atoms with Gasteiger partial charge in [-0.25, -0.2) is 4.98 Å². The zero-order valence-corrected chi connectivity index (χ0v) is 18.2. The van der Waals surface area contributed by atoms with E-state index >= 15 is 0 Å². The molecular weight excluding hydrogens is 425 g/mol. The van der Waals surface area contributed by atoms with Crippen LogP contribution in [-0.2, 0) is 22.4 Å². The van der Waals surface area contributed by atoms with Crippen LogP contribution in [-0.4, -0.2) is 17.6 Å². The second kappa shape index (κ2) is 8.70. The number of rotatable bonds is 6. The van der Waals surface area contributed by atoms with E-state index in [0.717, 1.165) is 41.2 Å². The highest BCUT2D eigenvalue weighted by Crippen LogP contribution is 2.36. The molecule has 4 rings (SSSR count). The van der Waals surface area contributed by atoms with Crippen molar-refractivity contribution in [3.63, 3.8) is 0 Å². The molecular formula is C23H21Cl2NO4. The zero-order chi connectivity index (χ0) is 21.3. The molecule has 0 amide bonds. The van der Waals surface area contributed by atoms with Gasteiger partial charge >= 0.3 is 5.97 Å². The van der Waals surface area contributed by atoms with Crippen LogP contribution in [0, 0.1) is 6.92 Å². The van der Waals surface area contributed by atoms with Gasteiger partial charge in [-0.15, -0.1) is 0 Å². The third kappa shape index (κ3) is 4.47. The lowest BCUT2D eigenvalue weighted by Gasteiger charge is -2.12. The number of hydrogen-bond donors (Lipinski definition) is 0. The van der Waals surface area contributed by atoms with Crippen LogP contribution in [0.1, 0.15) is 42.0 Å². The summed E-state index contributed by atoms with van der Waals surface area (Å²) in [6.45, 7) is 3.79. The summed E-state index contributed by atoms with van der Waals surface area (Å²) in [7, 11) is 0. The van der Waals surface area contributed by atoms with Gasteiger partial charge in [0.25, 0.3) is 0 Å². The van der Waals surface area contributed by atoms with Crippen molar-refractivity contribution in [2.45, 2.75) is 39.2 Å². The fourth-order valence-corrected chi connectivity index (χ4v) is 3.94. The van der Waals surface area contributed by atoms with Crippen molar-refractivity contribution in [2.24, 2.45) is 0 Å². The fourth-order valence-electron chi connectivity index (χ4n) is 3.65. The van der Waals surface area contributed by atoms with Gasteiger partial charge in [0.2, 0.25) is 5.89 Å². The summed E-state index contributed by atoms with van der Waals surface area (Å²) in [5.74, 6) is 1.80. The van der Waals surface area contributed by atoms with Crippen molar-refractivity contribution in [2.75, 3.05) is 6.61 Å². The van der Waals surface area contributed by atoms with Crippen LogP contribution in [0.25, 0.3) is 11.5 Å². The maximum Gasteiger partial charge on any atom is 0.303 e. The lowest BCUT2D eigenvalue weighted by Crippen LogP contribution is -2.05. The molecule has 1 aliphatic rings. The Kier molecular flexibility index (Phi) is 6.02. The molecule has 0 bridgehead atoms. The normalized spacial score (nSPS) is 15.1. The standard InChI is InChI=1S/C23H21Cl2NO4/c1-13-21(26-23(29-13)16-3-7-19(24)20(25)12-16)9-10-28-17-5-6-18-15(11-17)4-8-22(18)30-14(2)27/h3,5-7,11-12,22H,4,8-10H2,1-2H3. The van der Waals surface area contributed by atoms with Gasteiger partial charge in [-0.1, -0.05) is 29.3 Å². The van der Waals surface area contributed by atoms with Gasteiger partial charge in [-0.05, 0) is 61.2 Å². The Labute approximate surface area is 184 Å². The highest BCUT2D eigenvalue weighted by Gasteiger charge is 2.25. The van der Waals surface area contributed by atoms with E-state index in [4.69, 9.17) is 37.1 Å².